The number of carbonyl (C=O) groups is 1. The summed E-state index contributed by atoms with van der Waals surface area (Å²) in [4.78, 5) is 14.7. The normalized spacial score (nSPS) is 17.3. The quantitative estimate of drug-likeness (QED) is 0.732. The molecule has 2 rings (SSSR count). The summed E-state index contributed by atoms with van der Waals surface area (Å²) in [6.07, 6.45) is 3.02. The van der Waals surface area contributed by atoms with Gasteiger partial charge in [0.15, 0.2) is 0 Å². The van der Waals surface area contributed by atoms with Crippen molar-refractivity contribution in [2.45, 2.75) is 57.4 Å². The first-order valence-corrected chi connectivity index (χ1v) is 11.4. The minimum atomic E-state index is -3.43. The Bertz CT molecular complexity index is 704. The van der Waals surface area contributed by atoms with E-state index >= 15 is 0 Å². The SMILES string of the molecule is CCN(CC)S(=O)(=O)c1ccc(CCC(=O)N2CCC(C(C)N)CC2)cc1. The van der Waals surface area contributed by atoms with Crippen molar-refractivity contribution in [2.75, 3.05) is 26.2 Å². The minimum absolute atomic E-state index is 0.165. The number of benzene rings is 1. The maximum absolute atomic E-state index is 12.5. The molecule has 2 N–H and O–H groups in total. The van der Waals surface area contributed by atoms with Crippen molar-refractivity contribution >= 4 is 15.9 Å². The number of hydrogen-bond donors (Lipinski definition) is 1. The number of aryl methyl sites for hydroxylation is 1. The summed E-state index contributed by atoms with van der Waals surface area (Å²) in [7, 11) is -3.43. The molecule has 7 heteroatoms. The van der Waals surface area contributed by atoms with Crippen LogP contribution in [0.3, 0.4) is 0 Å². The van der Waals surface area contributed by atoms with Gasteiger partial charge in [-0.1, -0.05) is 26.0 Å². The van der Waals surface area contributed by atoms with Gasteiger partial charge in [0.25, 0.3) is 0 Å². The smallest absolute Gasteiger partial charge is 0.243 e. The van der Waals surface area contributed by atoms with Crippen LogP contribution >= 0.6 is 0 Å². The Morgan fingerprint density at radius 1 is 1.19 bits per heavy atom. The third kappa shape index (κ3) is 5.53. The lowest BCUT2D eigenvalue weighted by atomic mass is 9.91. The van der Waals surface area contributed by atoms with Crippen LogP contribution in [0.1, 0.15) is 45.6 Å². The van der Waals surface area contributed by atoms with E-state index in [1.165, 1.54) is 4.31 Å². The zero-order chi connectivity index (χ0) is 20.0. The Labute approximate surface area is 163 Å². The van der Waals surface area contributed by atoms with Crippen LogP contribution in [-0.4, -0.2) is 55.8 Å². The molecule has 1 heterocycles. The minimum Gasteiger partial charge on any atom is -0.343 e. The van der Waals surface area contributed by atoms with Crippen molar-refractivity contribution in [2.24, 2.45) is 11.7 Å². The zero-order valence-electron chi connectivity index (χ0n) is 16.7. The molecule has 1 aliphatic heterocycles. The lowest BCUT2D eigenvalue weighted by molar-refractivity contribution is -0.132. The lowest BCUT2D eigenvalue weighted by Crippen LogP contribution is -2.42. The molecule has 0 aliphatic carbocycles. The maximum Gasteiger partial charge on any atom is 0.243 e. The van der Waals surface area contributed by atoms with E-state index < -0.39 is 10.0 Å². The Morgan fingerprint density at radius 2 is 1.74 bits per heavy atom. The van der Waals surface area contributed by atoms with Gasteiger partial charge in [0.2, 0.25) is 15.9 Å². The highest BCUT2D eigenvalue weighted by Crippen LogP contribution is 2.21. The Balaban J connectivity index is 1.89. The van der Waals surface area contributed by atoms with Crippen LogP contribution in [0.15, 0.2) is 29.2 Å². The van der Waals surface area contributed by atoms with Crippen LogP contribution in [0.2, 0.25) is 0 Å². The molecule has 0 spiro atoms. The monoisotopic (exact) mass is 395 g/mol. The molecule has 1 aliphatic rings. The van der Waals surface area contributed by atoms with E-state index in [4.69, 9.17) is 5.73 Å². The third-order valence-electron chi connectivity index (χ3n) is 5.53. The van der Waals surface area contributed by atoms with Crippen molar-refractivity contribution in [1.29, 1.82) is 0 Å². The van der Waals surface area contributed by atoms with E-state index in [0.29, 0.717) is 36.7 Å². The molecule has 1 aromatic carbocycles. The molecule has 0 bridgehead atoms. The fourth-order valence-corrected chi connectivity index (χ4v) is 5.08. The average Bonchev–Trinajstić information content (AvgIpc) is 2.67. The second-order valence-electron chi connectivity index (χ2n) is 7.31. The molecule has 27 heavy (non-hydrogen) atoms. The first kappa shape index (κ1) is 21.9. The molecule has 6 nitrogen and oxygen atoms in total. The number of nitrogens with two attached hydrogens (primary N) is 1. The number of amides is 1. The Morgan fingerprint density at radius 3 is 2.22 bits per heavy atom. The van der Waals surface area contributed by atoms with E-state index in [0.717, 1.165) is 31.5 Å². The van der Waals surface area contributed by atoms with Crippen LogP contribution in [0.25, 0.3) is 0 Å². The first-order valence-electron chi connectivity index (χ1n) is 9.92. The first-order chi connectivity index (χ1) is 12.8. The molecule has 1 atom stereocenters. The third-order valence-corrected chi connectivity index (χ3v) is 7.59. The number of carbonyl (C=O) groups excluding carboxylic acids is 1. The number of likely N-dealkylation sites (tertiary alicyclic amines) is 1. The second-order valence-corrected chi connectivity index (χ2v) is 9.25. The fraction of sp³-hybridized carbons (Fsp3) is 0.650. The predicted molar refractivity (Wildman–Crippen MR) is 108 cm³/mol. The van der Waals surface area contributed by atoms with Gasteiger partial charge >= 0.3 is 0 Å². The summed E-state index contributed by atoms with van der Waals surface area (Å²) in [5.74, 6) is 0.673. The summed E-state index contributed by atoms with van der Waals surface area (Å²) >= 11 is 0. The summed E-state index contributed by atoms with van der Waals surface area (Å²) in [6, 6.07) is 7.09. The summed E-state index contributed by atoms with van der Waals surface area (Å²) < 4.78 is 26.5. The van der Waals surface area contributed by atoms with Gasteiger partial charge < -0.3 is 10.6 Å². The van der Waals surface area contributed by atoms with Crippen molar-refractivity contribution in [1.82, 2.24) is 9.21 Å². The molecule has 0 saturated carbocycles. The molecule has 1 unspecified atom stereocenters. The van der Waals surface area contributed by atoms with Gasteiger partial charge in [-0.05, 0) is 49.8 Å². The molecular weight excluding hydrogens is 362 g/mol. The lowest BCUT2D eigenvalue weighted by Gasteiger charge is -2.33. The van der Waals surface area contributed by atoms with Gasteiger partial charge in [0, 0.05) is 38.6 Å². The van der Waals surface area contributed by atoms with E-state index in [9.17, 15) is 13.2 Å². The number of sulfonamides is 1. The van der Waals surface area contributed by atoms with E-state index in [-0.39, 0.29) is 11.9 Å². The van der Waals surface area contributed by atoms with Gasteiger partial charge in [-0.2, -0.15) is 4.31 Å². The highest BCUT2D eigenvalue weighted by Gasteiger charge is 2.25. The van der Waals surface area contributed by atoms with Crippen LogP contribution < -0.4 is 5.73 Å². The van der Waals surface area contributed by atoms with Gasteiger partial charge in [0.05, 0.1) is 4.90 Å². The summed E-state index contributed by atoms with van der Waals surface area (Å²) in [5.41, 5.74) is 6.93. The van der Waals surface area contributed by atoms with Crippen LogP contribution in [0.4, 0.5) is 0 Å². The average molecular weight is 396 g/mol. The summed E-state index contributed by atoms with van der Waals surface area (Å²) in [5, 5.41) is 0. The van der Waals surface area contributed by atoms with Crippen molar-refractivity contribution in [3.05, 3.63) is 29.8 Å². The van der Waals surface area contributed by atoms with Crippen LogP contribution in [0.5, 0.6) is 0 Å². The Kier molecular flexibility index (Phi) is 7.82. The number of rotatable bonds is 8. The number of hydrogen-bond acceptors (Lipinski definition) is 4. The number of piperidine rings is 1. The zero-order valence-corrected chi connectivity index (χ0v) is 17.5. The topological polar surface area (TPSA) is 83.7 Å². The van der Waals surface area contributed by atoms with E-state index in [1.807, 2.05) is 37.8 Å². The maximum atomic E-state index is 12.5. The highest BCUT2D eigenvalue weighted by atomic mass is 32.2. The molecule has 0 radical (unpaired) electrons. The standard InChI is InChI=1S/C20H33N3O3S/c1-4-23(5-2)27(25,26)19-9-6-17(7-10-19)8-11-20(24)22-14-12-18(13-15-22)16(3)21/h6-7,9-10,16,18H,4-5,8,11-15,21H2,1-3H3. The van der Waals surface area contributed by atoms with Crippen LogP contribution in [0, 0.1) is 5.92 Å². The second kappa shape index (κ2) is 9.66. The van der Waals surface area contributed by atoms with E-state index in [2.05, 4.69) is 0 Å². The van der Waals surface area contributed by atoms with Gasteiger partial charge in [-0.3, -0.25) is 4.79 Å². The fourth-order valence-electron chi connectivity index (χ4n) is 3.62. The predicted octanol–water partition coefficient (Wildman–Crippen LogP) is 2.24. The molecular formula is C20H33N3O3S. The van der Waals surface area contributed by atoms with Crippen LogP contribution in [-0.2, 0) is 21.2 Å². The largest absolute Gasteiger partial charge is 0.343 e. The molecule has 1 amide bonds. The molecule has 1 fully saturated rings. The van der Waals surface area contributed by atoms with Crippen molar-refractivity contribution < 1.29 is 13.2 Å². The molecule has 0 aromatic heterocycles. The number of nitrogens with zero attached hydrogens (tertiary/aromatic N) is 2. The van der Waals surface area contributed by atoms with Gasteiger partial charge in [0.1, 0.15) is 0 Å². The van der Waals surface area contributed by atoms with Gasteiger partial charge in [-0.25, -0.2) is 8.42 Å². The molecule has 152 valence electrons. The molecule has 1 aromatic rings. The summed E-state index contributed by atoms with van der Waals surface area (Å²) in [6.45, 7) is 8.17. The molecule has 1 saturated heterocycles. The van der Waals surface area contributed by atoms with E-state index in [1.54, 1.807) is 12.1 Å². The van der Waals surface area contributed by atoms with Crippen molar-refractivity contribution in [3.8, 4) is 0 Å². The Hall–Kier alpha value is -1.44. The highest BCUT2D eigenvalue weighted by molar-refractivity contribution is 7.89. The van der Waals surface area contributed by atoms with Crippen molar-refractivity contribution in [3.63, 3.8) is 0 Å². The van der Waals surface area contributed by atoms with Gasteiger partial charge in [-0.15, -0.1) is 0 Å².